The molecule has 4 heteroatoms. The van der Waals surface area contributed by atoms with Crippen molar-refractivity contribution in [3.05, 3.63) is 76.7 Å². The molecule has 2 aromatic carbocycles. The molecule has 0 N–H and O–H groups in total. The van der Waals surface area contributed by atoms with E-state index in [1.807, 2.05) is 74.5 Å². The highest BCUT2D eigenvalue weighted by molar-refractivity contribution is 5.85. The molecule has 0 amide bonds. The standard InChI is InChI=1S/C19H20N2O2/c1-13-17(15-9-5-3-6-10-15)21(20-23)18(14(2)19(13)22)16-11-7-4-8-12-16/h3-14,17-18H,1-2H3/t13-,14-,17-,18+/m0/s1. The molecule has 3 rings (SSSR count). The number of rotatable bonds is 3. The summed E-state index contributed by atoms with van der Waals surface area (Å²) in [4.78, 5) is 24.5. The highest BCUT2D eigenvalue weighted by Crippen LogP contribution is 2.46. The molecule has 1 saturated heterocycles. The summed E-state index contributed by atoms with van der Waals surface area (Å²) in [7, 11) is 0. The number of carbonyl (C=O) groups is 1. The van der Waals surface area contributed by atoms with Gasteiger partial charge in [0.15, 0.2) is 0 Å². The Morgan fingerprint density at radius 3 is 1.52 bits per heavy atom. The van der Waals surface area contributed by atoms with Crippen LogP contribution in [0.3, 0.4) is 0 Å². The molecular weight excluding hydrogens is 288 g/mol. The lowest BCUT2D eigenvalue weighted by Crippen LogP contribution is -2.46. The number of ketones is 1. The van der Waals surface area contributed by atoms with Crippen LogP contribution in [0.25, 0.3) is 0 Å². The van der Waals surface area contributed by atoms with Crippen LogP contribution < -0.4 is 0 Å². The minimum atomic E-state index is -0.331. The van der Waals surface area contributed by atoms with Gasteiger partial charge in [-0.1, -0.05) is 74.5 Å². The zero-order valence-corrected chi connectivity index (χ0v) is 13.3. The summed E-state index contributed by atoms with van der Waals surface area (Å²) in [6.07, 6.45) is 0. The number of piperidine rings is 1. The average Bonchev–Trinajstić information content (AvgIpc) is 2.61. The lowest BCUT2D eigenvalue weighted by Gasteiger charge is -2.44. The molecule has 1 fully saturated rings. The molecule has 4 atom stereocenters. The number of Topliss-reactive ketones (excluding diaryl/α,β-unsaturated/α-hetero) is 1. The molecule has 0 bridgehead atoms. The predicted molar refractivity (Wildman–Crippen MR) is 89.3 cm³/mol. The van der Waals surface area contributed by atoms with E-state index < -0.39 is 0 Å². The van der Waals surface area contributed by atoms with Gasteiger partial charge in [-0.05, 0) is 11.1 Å². The maximum Gasteiger partial charge on any atom is 0.143 e. The second kappa shape index (κ2) is 6.32. The molecule has 118 valence electrons. The number of benzene rings is 2. The van der Waals surface area contributed by atoms with Crippen LogP contribution >= 0.6 is 0 Å². The molecule has 23 heavy (non-hydrogen) atoms. The molecule has 0 spiro atoms. The average molecular weight is 308 g/mol. The number of carbonyl (C=O) groups excluding carboxylic acids is 1. The van der Waals surface area contributed by atoms with Gasteiger partial charge >= 0.3 is 0 Å². The van der Waals surface area contributed by atoms with Crippen molar-refractivity contribution in [1.29, 1.82) is 0 Å². The van der Waals surface area contributed by atoms with Gasteiger partial charge in [0.2, 0.25) is 0 Å². The van der Waals surface area contributed by atoms with Crippen LogP contribution in [0.15, 0.2) is 65.9 Å². The second-order valence-corrected chi connectivity index (χ2v) is 6.15. The lowest BCUT2D eigenvalue weighted by molar-refractivity contribution is -0.138. The number of hydrogen-bond donors (Lipinski definition) is 0. The minimum Gasteiger partial charge on any atom is -0.299 e. The normalized spacial score (nSPS) is 27.7. The van der Waals surface area contributed by atoms with Crippen LogP contribution in [-0.4, -0.2) is 10.8 Å². The lowest BCUT2D eigenvalue weighted by atomic mass is 9.75. The van der Waals surface area contributed by atoms with Gasteiger partial charge in [0.25, 0.3) is 0 Å². The van der Waals surface area contributed by atoms with Crippen molar-refractivity contribution in [1.82, 2.24) is 5.01 Å². The summed E-state index contributed by atoms with van der Waals surface area (Å²) in [5.74, 6) is -0.372. The van der Waals surface area contributed by atoms with E-state index in [0.717, 1.165) is 11.1 Å². The van der Waals surface area contributed by atoms with Crippen LogP contribution in [0.2, 0.25) is 0 Å². The first-order valence-electron chi connectivity index (χ1n) is 7.90. The fourth-order valence-corrected chi connectivity index (χ4v) is 3.64. The molecule has 0 saturated carbocycles. The van der Waals surface area contributed by atoms with Crippen molar-refractivity contribution in [2.24, 2.45) is 17.1 Å². The Hall–Kier alpha value is -2.49. The smallest absolute Gasteiger partial charge is 0.143 e. The molecule has 0 aliphatic carbocycles. The van der Waals surface area contributed by atoms with Crippen LogP contribution in [-0.2, 0) is 4.79 Å². The Morgan fingerprint density at radius 2 is 1.17 bits per heavy atom. The summed E-state index contributed by atoms with van der Waals surface area (Å²) in [6, 6.07) is 18.7. The first-order chi connectivity index (χ1) is 11.1. The highest BCUT2D eigenvalue weighted by atomic mass is 16.3. The topological polar surface area (TPSA) is 49.7 Å². The van der Waals surface area contributed by atoms with Crippen molar-refractivity contribution in [2.45, 2.75) is 25.9 Å². The summed E-state index contributed by atoms with van der Waals surface area (Å²) in [5.41, 5.74) is 1.89. The largest absolute Gasteiger partial charge is 0.299 e. The summed E-state index contributed by atoms with van der Waals surface area (Å²) >= 11 is 0. The first kappa shape index (κ1) is 15.4. The third-order valence-corrected chi connectivity index (χ3v) is 4.79. The molecule has 1 aliphatic rings. The zero-order chi connectivity index (χ0) is 16.4. The van der Waals surface area contributed by atoms with Crippen LogP contribution in [0.4, 0.5) is 0 Å². The molecular formula is C19H20N2O2. The Bertz CT molecular complexity index is 632. The van der Waals surface area contributed by atoms with E-state index in [0.29, 0.717) is 0 Å². The van der Waals surface area contributed by atoms with E-state index in [1.54, 1.807) is 5.01 Å². The minimum absolute atomic E-state index is 0.174. The van der Waals surface area contributed by atoms with E-state index >= 15 is 0 Å². The van der Waals surface area contributed by atoms with Gasteiger partial charge in [0.1, 0.15) is 5.78 Å². The highest BCUT2D eigenvalue weighted by Gasteiger charge is 2.46. The Kier molecular flexibility index (Phi) is 4.24. The molecule has 2 aromatic rings. The van der Waals surface area contributed by atoms with Gasteiger partial charge < -0.3 is 0 Å². The molecule has 0 aromatic heterocycles. The molecule has 0 unspecified atom stereocenters. The fourth-order valence-electron chi connectivity index (χ4n) is 3.64. The second-order valence-electron chi connectivity index (χ2n) is 6.15. The van der Waals surface area contributed by atoms with Crippen molar-refractivity contribution >= 4 is 5.78 Å². The predicted octanol–water partition coefficient (Wildman–Crippen LogP) is 4.31. The molecule has 0 radical (unpaired) electrons. The quantitative estimate of drug-likeness (QED) is 0.794. The third-order valence-electron chi connectivity index (χ3n) is 4.79. The Balaban J connectivity index is 2.09. The van der Waals surface area contributed by atoms with Crippen molar-refractivity contribution < 1.29 is 4.79 Å². The maximum atomic E-state index is 12.8. The van der Waals surface area contributed by atoms with Crippen LogP contribution in [0.1, 0.15) is 37.1 Å². The van der Waals surface area contributed by atoms with Crippen LogP contribution in [0.5, 0.6) is 0 Å². The molecule has 1 heterocycles. The van der Waals surface area contributed by atoms with E-state index in [9.17, 15) is 9.70 Å². The van der Waals surface area contributed by atoms with Gasteiger partial charge in [-0.2, -0.15) is 0 Å². The van der Waals surface area contributed by atoms with Crippen molar-refractivity contribution in [2.75, 3.05) is 0 Å². The van der Waals surface area contributed by atoms with E-state index in [-0.39, 0.29) is 29.7 Å². The van der Waals surface area contributed by atoms with Crippen molar-refractivity contribution in [3.63, 3.8) is 0 Å². The van der Waals surface area contributed by atoms with Gasteiger partial charge in [0.05, 0.1) is 17.4 Å². The summed E-state index contributed by atoms with van der Waals surface area (Å²) in [5, 5.41) is 4.90. The maximum absolute atomic E-state index is 12.8. The van der Waals surface area contributed by atoms with Gasteiger partial charge in [-0.25, -0.2) is 5.01 Å². The molecule has 4 nitrogen and oxygen atoms in total. The zero-order valence-electron chi connectivity index (χ0n) is 13.3. The van der Waals surface area contributed by atoms with Gasteiger partial charge in [-0.3, -0.25) is 4.79 Å². The number of nitroso groups, excluding NO2 is 1. The number of nitrogens with zero attached hydrogens (tertiary/aromatic N) is 2. The summed E-state index contributed by atoms with van der Waals surface area (Å²) in [6.45, 7) is 3.77. The van der Waals surface area contributed by atoms with E-state index in [2.05, 4.69) is 5.29 Å². The molecule has 1 aliphatic heterocycles. The number of hydrogen-bond acceptors (Lipinski definition) is 3. The van der Waals surface area contributed by atoms with Crippen molar-refractivity contribution in [3.8, 4) is 0 Å². The summed E-state index contributed by atoms with van der Waals surface area (Å²) < 4.78 is 0. The SMILES string of the molecule is C[C@@H]1C(=O)[C@@H](C)[C@H](c2ccccc2)N(N=O)[C@@H]1c1ccccc1. The van der Waals surface area contributed by atoms with E-state index in [1.165, 1.54) is 0 Å². The third kappa shape index (κ3) is 2.65. The Labute approximate surface area is 136 Å². The van der Waals surface area contributed by atoms with Crippen LogP contribution in [0, 0.1) is 16.7 Å². The first-order valence-corrected chi connectivity index (χ1v) is 7.90. The van der Waals surface area contributed by atoms with Gasteiger partial charge in [-0.15, -0.1) is 4.91 Å². The van der Waals surface area contributed by atoms with E-state index in [4.69, 9.17) is 0 Å². The monoisotopic (exact) mass is 308 g/mol. The fraction of sp³-hybridized carbons (Fsp3) is 0.316. The van der Waals surface area contributed by atoms with Gasteiger partial charge in [0, 0.05) is 11.8 Å². The Morgan fingerprint density at radius 1 is 0.783 bits per heavy atom.